The molecule has 0 rings (SSSR count). The molecule has 0 atom stereocenters. The summed E-state index contributed by atoms with van der Waals surface area (Å²) in [4.78, 5) is 19.5. The van der Waals surface area contributed by atoms with Crippen molar-refractivity contribution < 1.29 is 9.59 Å². The number of allylic oxidation sites excluding steroid dienone is 1. The highest BCUT2D eigenvalue weighted by atomic mass is 16.2. The summed E-state index contributed by atoms with van der Waals surface area (Å²) < 4.78 is 0. The van der Waals surface area contributed by atoms with Crippen LogP contribution in [0.15, 0.2) is 12.7 Å². The first-order chi connectivity index (χ1) is 3.31. The zero-order valence-electron chi connectivity index (χ0n) is 3.89. The highest BCUT2D eigenvalue weighted by Gasteiger charge is 1.89. The fourth-order valence-corrected chi connectivity index (χ4v) is 0.190. The largest absolute Gasteiger partial charge is 0.295 e. The van der Waals surface area contributed by atoms with Crippen LogP contribution in [0.25, 0.3) is 0 Å². The molecule has 0 amide bonds. The molecule has 0 radical (unpaired) electrons. The summed E-state index contributed by atoms with van der Waals surface area (Å²) >= 11 is 0. The van der Waals surface area contributed by atoms with Crippen LogP contribution in [0.5, 0.6) is 0 Å². The molecular formula is C5H6O2. The Morgan fingerprint density at radius 1 is 1.71 bits per heavy atom. The van der Waals surface area contributed by atoms with E-state index in [4.69, 9.17) is 0 Å². The molecule has 0 saturated carbocycles. The minimum Gasteiger partial charge on any atom is -0.295 e. The van der Waals surface area contributed by atoms with Crippen LogP contribution in [-0.4, -0.2) is 12.1 Å². The highest BCUT2D eigenvalue weighted by molar-refractivity contribution is 6.25. The van der Waals surface area contributed by atoms with Crippen molar-refractivity contribution in [3.05, 3.63) is 12.7 Å². The molecule has 0 bridgehead atoms. The molecule has 0 fully saturated rings. The van der Waals surface area contributed by atoms with E-state index in [-0.39, 0.29) is 6.42 Å². The Bertz CT molecular complexity index is 94.3. The van der Waals surface area contributed by atoms with Crippen molar-refractivity contribution in [3.63, 3.8) is 0 Å². The van der Waals surface area contributed by atoms with Gasteiger partial charge in [-0.2, -0.15) is 0 Å². The van der Waals surface area contributed by atoms with Crippen LogP contribution >= 0.6 is 0 Å². The standard InChI is InChI=1S/C5H6O2/c1-2-3-5(7)4-6/h2,4H,1,3H2. The van der Waals surface area contributed by atoms with Crippen molar-refractivity contribution in [3.8, 4) is 0 Å². The Labute approximate surface area is 41.8 Å². The number of aldehydes is 1. The van der Waals surface area contributed by atoms with Crippen LogP contribution in [0.3, 0.4) is 0 Å². The lowest BCUT2D eigenvalue weighted by Gasteiger charge is -1.74. The van der Waals surface area contributed by atoms with Gasteiger partial charge in [0.1, 0.15) is 0 Å². The highest BCUT2D eigenvalue weighted by Crippen LogP contribution is 1.76. The SMILES string of the molecule is C=CCC(=O)C=O. The number of Topliss-reactive ketones (excluding diaryl/α,β-unsaturated/α-hetero) is 1. The second kappa shape index (κ2) is 3.28. The maximum Gasteiger partial charge on any atom is 0.198 e. The molecule has 0 unspecified atom stereocenters. The fraction of sp³-hybridized carbons (Fsp3) is 0.200. The van der Waals surface area contributed by atoms with E-state index in [1.54, 1.807) is 0 Å². The number of ketones is 1. The van der Waals surface area contributed by atoms with E-state index in [9.17, 15) is 9.59 Å². The van der Waals surface area contributed by atoms with Crippen LogP contribution in [0.2, 0.25) is 0 Å². The Morgan fingerprint density at radius 3 is 2.43 bits per heavy atom. The average Bonchev–Trinajstić information content (AvgIpc) is 1.68. The second-order valence-corrected chi connectivity index (χ2v) is 1.08. The third kappa shape index (κ3) is 2.89. The summed E-state index contributed by atoms with van der Waals surface area (Å²) in [6, 6.07) is 0. The molecule has 0 aromatic carbocycles. The van der Waals surface area contributed by atoms with E-state index in [2.05, 4.69) is 6.58 Å². The van der Waals surface area contributed by atoms with Gasteiger partial charge in [0, 0.05) is 6.42 Å². The molecule has 38 valence electrons. The van der Waals surface area contributed by atoms with Crippen molar-refractivity contribution in [1.29, 1.82) is 0 Å². The van der Waals surface area contributed by atoms with E-state index in [1.807, 2.05) is 0 Å². The van der Waals surface area contributed by atoms with E-state index in [1.165, 1.54) is 6.08 Å². The molecule has 0 aliphatic rings. The van der Waals surface area contributed by atoms with Gasteiger partial charge in [0.25, 0.3) is 0 Å². The van der Waals surface area contributed by atoms with E-state index >= 15 is 0 Å². The quantitative estimate of drug-likeness (QED) is 0.289. The van der Waals surface area contributed by atoms with Crippen molar-refractivity contribution in [2.45, 2.75) is 6.42 Å². The van der Waals surface area contributed by atoms with Gasteiger partial charge >= 0.3 is 0 Å². The van der Waals surface area contributed by atoms with Crippen LogP contribution in [0, 0.1) is 0 Å². The summed E-state index contributed by atoms with van der Waals surface area (Å²) in [5, 5.41) is 0. The number of hydrogen-bond acceptors (Lipinski definition) is 2. The van der Waals surface area contributed by atoms with E-state index < -0.39 is 5.78 Å². The molecular weight excluding hydrogens is 92.1 g/mol. The minimum atomic E-state index is -0.421. The molecule has 0 aromatic rings. The molecule has 0 aromatic heterocycles. The normalized spacial score (nSPS) is 7.43. The molecule has 0 aliphatic heterocycles. The maximum absolute atomic E-state index is 9.97. The van der Waals surface area contributed by atoms with Gasteiger partial charge in [-0.15, -0.1) is 6.58 Å². The Morgan fingerprint density at radius 2 is 2.29 bits per heavy atom. The van der Waals surface area contributed by atoms with Gasteiger partial charge in [0.05, 0.1) is 0 Å². The van der Waals surface area contributed by atoms with Crippen LogP contribution in [0.4, 0.5) is 0 Å². The van der Waals surface area contributed by atoms with Crippen molar-refractivity contribution in [2.75, 3.05) is 0 Å². The second-order valence-electron chi connectivity index (χ2n) is 1.08. The maximum atomic E-state index is 9.97. The number of hydrogen-bond donors (Lipinski definition) is 0. The molecule has 2 nitrogen and oxygen atoms in total. The summed E-state index contributed by atoms with van der Waals surface area (Å²) in [6.07, 6.45) is 1.85. The molecule has 0 N–H and O–H groups in total. The molecule has 0 spiro atoms. The summed E-state index contributed by atoms with van der Waals surface area (Å²) in [5.41, 5.74) is 0. The van der Waals surface area contributed by atoms with Gasteiger partial charge in [-0.3, -0.25) is 9.59 Å². The molecule has 0 aliphatic carbocycles. The van der Waals surface area contributed by atoms with Gasteiger partial charge in [-0.1, -0.05) is 6.08 Å². The topological polar surface area (TPSA) is 34.1 Å². The third-order valence-electron chi connectivity index (χ3n) is 0.477. The number of carbonyl (C=O) groups excluding carboxylic acids is 2. The first kappa shape index (κ1) is 6.08. The molecule has 0 saturated heterocycles. The summed E-state index contributed by atoms with van der Waals surface area (Å²) in [6.45, 7) is 3.27. The monoisotopic (exact) mass is 98.0 g/mol. The van der Waals surface area contributed by atoms with Crippen LogP contribution < -0.4 is 0 Å². The number of rotatable bonds is 3. The summed E-state index contributed by atoms with van der Waals surface area (Å²) in [7, 11) is 0. The van der Waals surface area contributed by atoms with Gasteiger partial charge in [0.15, 0.2) is 12.1 Å². The lowest BCUT2D eigenvalue weighted by molar-refractivity contribution is -0.129. The van der Waals surface area contributed by atoms with Gasteiger partial charge in [0.2, 0.25) is 0 Å². The van der Waals surface area contributed by atoms with Crippen molar-refractivity contribution in [2.24, 2.45) is 0 Å². The van der Waals surface area contributed by atoms with E-state index in [0.717, 1.165) is 0 Å². The first-order valence-electron chi connectivity index (χ1n) is 1.90. The Kier molecular flexibility index (Phi) is 2.85. The lowest BCUT2D eigenvalue weighted by Crippen LogP contribution is -1.93. The predicted molar refractivity (Wildman–Crippen MR) is 25.9 cm³/mol. The summed E-state index contributed by atoms with van der Waals surface area (Å²) in [5.74, 6) is -0.421. The third-order valence-corrected chi connectivity index (χ3v) is 0.477. The lowest BCUT2D eigenvalue weighted by atomic mass is 10.3. The smallest absolute Gasteiger partial charge is 0.198 e. The van der Waals surface area contributed by atoms with Gasteiger partial charge in [-0.05, 0) is 0 Å². The predicted octanol–water partition coefficient (Wildman–Crippen LogP) is 0.330. The molecule has 0 heterocycles. The first-order valence-corrected chi connectivity index (χ1v) is 1.90. The van der Waals surface area contributed by atoms with Gasteiger partial charge in [-0.25, -0.2) is 0 Å². The Balaban J connectivity index is 3.36. The van der Waals surface area contributed by atoms with Crippen molar-refractivity contribution in [1.82, 2.24) is 0 Å². The minimum absolute atomic E-state index is 0.156. The van der Waals surface area contributed by atoms with Crippen molar-refractivity contribution >= 4 is 12.1 Å². The zero-order chi connectivity index (χ0) is 5.70. The zero-order valence-corrected chi connectivity index (χ0v) is 3.89. The average molecular weight is 98.1 g/mol. The molecule has 7 heavy (non-hydrogen) atoms. The molecule has 2 heteroatoms. The van der Waals surface area contributed by atoms with Crippen LogP contribution in [0.1, 0.15) is 6.42 Å². The van der Waals surface area contributed by atoms with Gasteiger partial charge < -0.3 is 0 Å². The van der Waals surface area contributed by atoms with Crippen LogP contribution in [-0.2, 0) is 9.59 Å². The number of carbonyl (C=O) groups is 2. The Hall–Kier alpha value is -0.920. The van der Waals surface area contributed by atoms with E-state index in [0.29, 0.717) is 6.29 Å². The fourth-order valence-electron chi connectivity index (χ4n) is 0.190.